The molecule has 0 aromatic heterocycles. The molecule has 1 fully saturated rings. The Morgan fingerprint density at radius 3 is 2.63 bits per heavy atom. The standard InChI is InChI=1S/C14H18BrNO2S/c1-13(2)7-14(12(17)18,9-19-8-13)16-11-6-4-3-5-10(11)15/h3-6,16H,7-9H2,1-2H3,(H,17,18). The number of benzene rings is 1. The lowest BCUT2D eigenvalue weighted by molar-refractivity contribution is -0.142. The third-order valence-corrected chi connectivity index (χ3v) is 5.65. The molecule has 1 aromatic rings. The van der Waals surface area contributed by atoms with Crippen molar-refractivity contribution in [2.75, 3.05) is 16.8 Å². The molecule has 1 saturated heterocycles. The Balaban J connectivity index is 2.31. The normalized spacial score (nSPS) is 25.8. The minimum absolute atomic E-state index is 0.0234. The van der Waals surface area contributed by atoms with E-state index in [2.05, 4.69) is 35.1 Å². The summed E-state index contributed by atoms with van der Waals surface area (Å²) in [5.74, 6) is 0.816. The zero-order chi connectivity index (χ0) is 14.1. The van der Waals surface area contributed by atoms with E-state index in [1.54, 1.807) is 11.8 Å². The maximum absolute atomic E-state index is 11.8. The molecule has 0 spiro atoms. The van der Waals surface area contributed by atoms with Gasteiger partial charge in [0.05, 0.1) is 0 Å². The molecule has 0 amide bonds. The molecule has 1 atom stereocenters. The molecule has 5 heteroatoms. The Kier molecular flexibility index (Phi) is 4.16. The Morgan fingerprint density at radius 1 is 1.37 bits per heavy atom. The summed E-state index contributed by atoms with van der Waals surface area (Å²) < 4.78 is 0.893. The minimum Gasteiger partial charge on any atom is -0.479 e. The quantitative estimate of drug-likeness (QED) is 0.875. The molecule has 1 unspecified atom stereocenters. The number of halogens is 1. The summed E-state index contributed by atoms with van der Waals surface area (Å²) in [6, 6.07) is 7.64. The molecule has 1 aliphatic heterocycles. The summed E-state index contributed by atoms with van der Waals surface area (Å²) in [6.45, 7) is 4.25. The van der Waals surface area contributed by atoms with Crippen molar-refractivity contribution < 1.29 is 9.90 Å². The average molecular weight is 344 g/mol. The van der Waals surface area contributed by atoms with E-state index in [9.17, 15) is 9.90 Å². The van der Waals surface area contributed by atoms with Crippen LogP contribution in [0.25, 0.3) is 0 Å². The molecule has 0 aliphatic carbocycles. The molecule has 2 rings (SSSR count). The number of aliphatic carboxylic acids is 1. The van der Waals surface area contributed by atoms with Gasteiger partial charge in [-0.2, -0.15) is 11.8 Å². The highest BCUT2D eigenvalue weighted by Gasteiger charge is 2.46. The van der Waals surface area contributed by atoms with Crippen LogP contribution < -0.4 is 5.32 Å². The molecule has 1 aliphatic rings. The lowest BCUT2D eigenvalue weighted by Gasteiger charge is -2.42. The molecule has 1 aromatic carbocycles. The van der Waals surface area contributed by atoms with Crippen LogP contribution in [0.2, 0.25) is 0 Å². The second-order valence-electron chi connectivity index (χ2n) is 5.83. The third kappa shape index (κ3) is 3.26. The molecule has 0 bridgehead atoms. The van der Waals surface area contributed by atoms with Crippen LogP contribution in [-0.2, 0) is 4.79 Å². The molecular formula is C14H18BrNO2S. The van der Waals surface area contributed by atoms with Crippen molar-refractivity contribution >= 4 is 39.3 Å². The summed E-state index contributed by atoms with van der Waals surface area (Å²) in [7, 11) is 0. The number of carboxylic acid groups (broad SMARTS) is 1. The molecule has 104 valence electrons. The SMILES string of the molecule is CC1(C)CSCC(Nc2ccccc2Br)(C(=O)O)C1. The summed E-state index contributed by atoms with van der Waals surface area (Å²) in [4.78, 5) is 11.8. The van der Waals surface area contributed by atoms with E-state index in [1.807, 2.05) is 24.3 Å². The van der Waals surface area contributed by atoms with Gasteiger partial charge < -0.3 is 10.4 Å². The van der Waals surface area contributed by atoms with Gasteiger partial charge in [-0.1, -0.05) is 26.0 Å². The van der Waals surface area contributed by atoms with E-state index in [4.69, 9.17) is 0 Å². The maximum Gasteiger partial charge on any atom is 0.330 e. The summed E-state index contributed by atoms with van der Waals surface area (Å²) in [6.07, 6.45) is 0.629. The number of rotatable bonds is 3. The average Bonchev–Trinajstić information content (AvgIpc) is 2.30. The van der Waals surface area contributed by atoms with E-state index in [0.717, 1.165) is 15.9 Å². The van der Waals surface area contributed by atoms with Crippen LogP contribution in [0, 0.1) is 5.41 Å². The molecule has 0 saturated carbocycles. The van der Waals surface area contributed by atoms with Gasteiger partial charge in [-0.15, -0.1) is 0 Å². The van der Waals surface area contributed by atoms with Gasteiger partial charge >= 0.3 is 5.97 Å². The minimum atomic E-state index is -0.893. The van der Waals surface area contributed by atoms with Crippen molar-refractivity contribution in [3.05, 3.63) is 28.7 Å². The molecular weight excluding hydrogens is 326 g/mol. The maximum atomic E-state index is 11.8. The van der Waals surface area contributed by atoms with E-state index in [-0.39, 0.29) is 5.41 Å². The monoisotopic (exact) mass is 343 g/mol. The fourth-order valence-electron chi connectivity index (χ4n) is 2.51. The smallest absolute Gasteiger partial charge is 0.330 e. The van der Waals surface area contributed by atoms with Crippen molar-refractivity contribution in [2.24, 2.45) is 5.41 Å². The lowest BCUT2D eigenvalue weighted by atomic mass is 9.79. The van der Waals surface area contributed by atoms with E-state index >= 15 is 0 Å². The number of hydrogen-bond donors (Lipinski definition) is 2. The number of para-hydroxylation sites is 1. The van der Waals surface area contributed by atoms with Crippen molar-refractivity contribution in [3.8, 4) is 0 Å². The van der Waals surface area contributed by atoms with Gasteiger partial charge in [-0.3, -0.25) is 0 Å². The first-order valence-electron chi connectivity index (χ1n) is 6.19. The van der Waals surface area contributed by atoms with Gasteiger partial charge in [0.25, 0.3) is 0 Å². The van der Waals surface area contributed by atoms with Gasteiger partial charge in [-0.25, -0.2) is 4.79 Å². The molecule has 2 N–H and O–H groups in total. The zero-order valence-corrected chi connectivity index (χ0v) is 13.5. The number of carboxylic acids is 1. The van der Waals surface area contributed by atoms with Gasteiger partial charge in [-0.05, 0) is 45.7 Å². The molecule has 0 radical (unpaired) electrons. The third-order valence-electron chi connectivity index (χ3n) is 3.28. The van der Waals surface area contributed by atoms with Crippen molar-refractivity contribution in [1.29, 1.82) is 0 Å². The number of carbonyl (C=O) groups is 1. The largest absolute Gasteiger partial charge is 0.479 e. The van der Waals surface area contributed by atoms with Crippen LogP contribution in [0.4, 0.5) is 5.69 Å². The van der Waals surface area contributed by atoms with E-state index in [0.29, 0.717) is 12.2 Å². The summed E-state index contributed by atoms with van der Waals surface area (Å²) in [5, 5.41) is 12.9. The van der Waals surface area contributed by atoms with Gasteiger partial charge in [0.1, 0.15) is 5.54 Å². The molecule has 3 nitrogen and oxygen atoms in total. The van der Waals surface area contributed by atoms with Crippen molar-refractivity contribution in [3.63, 3.8) is 0 Å². The van der Waals surface area contributed by atoms with Crippen LogP contribution in [0.3, 0.4) is 0 Å². The van der Waals surface area contributed by atoms with Crippen molar-refractivity contribution in [2.45, 2.75) is 25.8 Å². The van der Waals surface area contributed by atoms with E-state index < -0.39 is 11.5 Å². The second-order valence-corrected chi connectivity index (χ2v) is 7.67. The molecule has 19 heavy (non-hydrogen) atoms. The number of nitrogens with one attached hydrogen (secondary N) is 1. The Bertz CT molecular complexity index is 492. The number of anilines is 1. The molecule has 1 heterocycles. The van der Waals surface area contributed by atoms with Crippen molar-refractivity contribution in [1.82, 2.24) is 0 Å². The Hall–Kier alpha value is -0.680. The Labute approximate surface area is 126 Å². The number of hydrogen-bond acceptors (Lipinski definition) is 3. The van der Waals surface area contributed by atoms with Crippen LogP contribution in [0.5, 0.6) is 0 Å². The van der Waals surface area contributed by atoms with Crippen LogP contribution in [0.1, 0.15) is 20.3 Å². The number of thioether (sulfide) groups is 1. The summed E-state index contributed by atoms with van der Waals surface area (Å²) >= 11 is 5.17. The fraction of sp³-hybridized carbons (Fsp3) is 0.500. The lowest BCUT2D eigenvalue weighted by Crippen LogP contribution is -2.54. The van der Waals surface area contributed by atoms with Gasteiger partial charge in [0, 0.05) is 15.9 Å². The predicted molar refractivity (Wildman–Crippen MR) is 83.9 cm³/mol. The first-order chi connectivity index (χ1) is 8.85. The van der Waals surface area contributed by atoms with Crippen LogP contribution in [0.15, 0.2) is 28.7 Å². The first-order valence-corrected chi connectivity index (χ1v) is 8.13. The highest BCUT2D eigenvalue weighted by molar-refractivity contribution is 9.10. The zero-order valence-electron chi connectivity index (χ0n) is 11.1. The second kappa shape index (κ2) is 5.37. The Morgan fingerprint density at radius 2 is 2.05 bits per heavy atom. The highest BCUT2D eigenvalue weighted by Crippen LogP contribution is 2.41. The highest BCUT2D eigenvalue weighted by atomic mass is 79.9. The summed E-state index contributed by atoms with van der Waals surface area (Å²) in [5.41, 5.74) is -0.0329. The predicted octanol–water partition coefficient (Wildman–Crippen LogP) is 3.85. The van der Waals surface area contributed by atoms with E-state index in [1.165, 1.54) is 0 Å². The van der Waals surface area contributed by atoms with Crippen LogP contribution in [-0.4, -0.2) is 28.1 Å². The van der Waals surface area contributed by atoms with Gasteiger partial charge in [0.2, 0.25) is 0 Å². The first kappa shape index (κ1) is 14.7. The topological polar surface area (TPSA) is 49.3 Å². The fourth-order valence-corrected chi connectivity index (χ4v) is 4.30. The van der Waals surface area contributed by atoms with Gasteiger partial charge in [0.15, 0.2) is 0 Å². The van der Waals surface area contributed by atoms with Crippen LogP contribution >= 0.6 is 27.7 Å².